The Bertz CT molecular complexity index is 1040. The van der Waals surface area contributed by atoms with Crippen molar-refractivity contribution >= 4 is 29.4 Å². The predicted molar refractivity (Wildman–Crippen MR) is 140 cm³/mol. The van der Waals surface area contributed by atoms with Crippen LogP contribution in [0.15, 0.2) is 23.2 Å². The molecule has 0 saturated heterocycles. The molecule has 2 aliphatic heterocycles. The molecule has 2 aliphatic rings. The first-order valence-electron chi connectivity index (χ1n) is 13.0. The van der Waals surface area contributed by atoms with Crippen molar-refractivity contribution in [3.05, 3.63) is 23.8 Å². The standard InChI is InChI=1S/C28H40N2O7/c1-9-35-24(31)22(25(32)36-10-2)23-28(13-14-29-21(28)15-17(3)4)19-12-11-18(34-8)16-20(19)30(23)26(33)37-27(5,6)7/h11-12,16-17,22-23H,9-10,13-15H2,1-8H3/t23-,28+/m0/s1. The van der Waals surface area contributed by atoms with E-state index in [1.54, 1.807) is 47.8 Å². The summed E-state index contributed by atoms with van der Waals surface area (Å²) in [6.07, 6.45) is 0.495. The minimum Gasteiger partial charge on any atom is -0.497 e. The molecule has 0 unspecified atom stereocenters. The highest BCUT2D eigenvalue weighted by Crippen LogP contribution is 2.55. The summed E-state index contributed by atoms with van der Waals surface area (Å²) in [7, 11) is 1.54. The van der Waals surface area contributed by atoms with Gasteiger partial charge in [-0.1, -0.05) is 19.9 Å². The van der Waals surface area contributed by atoms with Crippen LogP contribution in [0.25, 0.3) is 0 Å². The Morgan fingerprint density at radius 2 is 1.73 bits per heavy atom. The monoisotopic (exact) mass is 516 g/mol. The van der Waals surface area contributed by atoms with E-state index in [2.05, 4.69) is 13.8 Å². The number of esters is 2. The number of hydrogen-bond donors (Lipinski definition) is 0. The third-order valence-electron chi connectivity index (χ3n) is 6.64. The number of ether oxygens (including phenoxy) is 4. The van der Waals surface area contributed by atoms with E-state index in [1.165, 1.54) is 4.90 Å². The Morgan fingerprint density at radius 3 is 2.24 bits per heavy atom. The van der Waals surface area contributed by atoms with Gasteiger partial charge in [-0.3, -0.25) is 19.5 Å². The number of amides is 1. The second-order valence-corrected chi connectivity index (χ2v) is 10.8. The molecule has 1 aromatic rings. The minimum absolute atomic E-state index is 0.0780. The maximum absolute atomic E-state index is 13.9. The van der Waals surface area contributed by atoms with Gasteiger partial charge in [-0.05, 0) is 65.0 Å². The molecule has 0 radical (unpaired) electrons. The average molecular weight is 517 g/mol. The Balaban J connectivity index is 2.35. The summed E-state index contributed by atoms with van der Waals surface area (Å²) in [6, 6.07) is 4.49. The van der Waals surface area contributed by atoms with Crippen LogP contribution in [0.1, 0.15) is 66.9 Å². The molecule has 1 aromatic carbocycles. The van der Waals surface area contributed by atoms with E-state index in [9.17, 15) is 14.4 Å². The first-order chi connectivity index (χ1) is 17.4. The number of methoxy groups -OCH3 is 1. The van der Waals surface area contributed by atoms with E-state index in [0.29, 0.717) is 30.8 Å². The lowest BCUT2D eigenvalue weighted by Crippen LogP contribution is -2.59. The average Bonchev–Trinajstić information content (AvgIpc) is 3.32. The quantitative estimate of drug-likeness (QED) is 0.280. The van der Waals surface area contributed by atoms with Crippen molar-refractivity contribution < 1.29 is 33.3 Å². The Hall–Kier alpha value is -3.10. The molecule has 0 saturated carbocycles. The summed E-state index contributed by atoms with van der Waals surface area (Å²) >= 11 is 0. The number of nitrogens with zero attached hydrogens (tertiary/aromatic N) is 2. The third kappa shape index (κ3) is 5.45. The topological polar surface area (TPSA) is 104 Å². The summed E-state index contributed by atoms with van der Waals surface area (Å²) < 4.78 is 22.1. The molecule has 37 heavy (non-hydrogen) atoms. The fourth-order valence-electron chi connectivity index (χ4n) is 5.41. The summed E-state index contributed by atoms with van der Waals surface area (Å²) in [5, 5.41) is 0. The minimum atomic E-state index is -1.40. The van der Waals surface area contributed by atoms with Crippen molar-refractivity contribution in [2.45, 2.75) is 78.4 Å². The van der Waals surface area contributed by atoms with Crippen LogP contribution in [0.4, 0.5) is 10.5 Å². The molecule has 0 aromatic heterocycles. The van der Waals surface area contributed by atoms with E-state index < -0.39 is 41.0 Å². The number of fused-ring (bicyclic) bond motifs is 2. The van der Waals surface area contributed by atoms with Gasteiger partial charge in [0.1, 0.15) is 11.4 Å². The van der Waals surface area contributed by atoms with Gasteiger partial charge in [-0.25, -0.2) is 4.79 Å². The Labute approximate surface area is 219 Å². The number of rotatable bonds is 8. The maximum atomic E-state index is 13.9. The van der Waals surface area contributed by atoms with E-state index in [4.69, 9.17) is 23.9 Å². The summed E-state index contributed by atoms with van der Waals surface area (Å²) in [4.78, 5) is 47.1. The first-order valence-corrected chi connectivity index (χ1v) is 13.0. The lowest BCUT2D eigenvalue weighted by Gasteiger charge is -2.40. The number of anilines is 1. The molecule has 3 rings (SSSR count). The molecule has 2 atom stereocenters. The maximum Gasteiger partial charge on any atom is 0.415 e. The van der Waals surface area contributed by atoms with Gasteiger partial charge < -0.3 is 18.9 Å². The molecule has 0 N–H and O–H groups in total. The zero-order chi connectivity index (χ0) is 27.5. The molecule has 204 valence electrons. The van der Waals surface area contributed by atoms with Crippen molar-refractivity contribution in [1.82, 2.24) is 0 Å². The highest BCUT2D eigenvalue weighted by atomic mass is 16.6. The van der Waals surface area contributed by atoms with E-state index in [-0.39, 0.29) is 19.1 Å². The smallest absolute Gasteiger partial charge is 0.415 e. The summed E-state index contributed by atoms with van der Waals surface area (Å²) in [5.74, 6) is -2.09. The van der Waals surface area contributed by atoms with Crippen molar-refractivity contribution in [2.75, 3.05) is 31.8 Å². The molecule has 9 nitrogen and oxygen atoms in total. The SMILES string of the molecule is CCOC(=O)C(C(=O)OCC)[C@@H]1N(C(=O)OC(C)(C)C)c2cc(OC)ccc2[C@@]12CCN=C2CC(C)C. The molecular weight excluding hydrogens is 476 g/mol. The lowest BCUT2D eigenvalue weighted by molar-refractivity contribution is -0.163. The zero-order valence-corrected chi connectivity index (χ0v) is 23.3. The van der Waals surface area contributed by atoms with Gasteiger partial charge in [0.2, 0.25) is 0 Å². The summed E-state index contributed by atoms with van der Waals surface area (Å²) in [6.45, 7) is 13.5. The second-order valence-electron chi connectivity index (χ2n) is 10.8. The van der Waals surface area contributed by atoms with Crippen LogP contribution in [0.2, 0.25) is 0 Å². The fourth-order valence-corrected chi connectivity index (χ4v) is 5.41. The molecular formula is C28H40N2O7. The fraction of sp³-hybridized carbons (Fsp3) is 0.643. The molecule has 0 aliphatic carbocycles. The van der Waals surface area contributed by atoms with Crippen LogP contribution in [-0.4, -0.2) is 62.3 Å². The first kappa shape index (κ1) is 28.5. The highest BCUT2D eigenvalue weighted by molar-refractivity contribution is 6.09. The van der Waals surface area contributed by atoms with E-state index >= 15 is 0 Å². The number of benzene rings is 1. The molecule has 0 fully saturated rings. The largest absolute Gasteiger partial charge is 0.497 e. The predicted octanol–water partition coefficient (Wildman–Crippen LogP) is 4.69. The Morgan fingerprint density at radius 1 is 1.11 bits per heavy atom. The number of aliphatic imine (C=N–C) groups is 1. The molecule has 2 heterocycles. The molecule has 9 heteroatoms. The van der Waals surface area contributed by atoms with Gasteiger partial charge in [-0.2, -0.15) is 0 Å². The summed E-state index contributed by atoms with van der Waals surface area (Å²) in [5.41, 5.74) is 0.468. The molecule has 1 amide bonds. The van der Waals surface area contributed by atoms with Gasteiger partial charge in [0.05, 0.1) is 37.5 Å². The van der Waals surface area contributed by atoms with Crippen molar-refractivity contribution in [1.29, 1.82) is 0 Å². The third-order valence-corrected chi connectivity index (χ3v) is 6.64. The van der Waals surface area contributed by atoms with Gasteiger partial charge in [0.25, 0.3) is 0 Å². The van der Waals surface area contributed by atoms with Crippen LogP contribution in [0.3, 0.4) is 0 Å². The van der Waals surface area contributed by atoms with Crippen LogP contribution in [0, 0.1) is 11.8 Å². The lowest BCUT2D eigenvalue weighted by atomic mass is 9.66. The Kier molecular flexibility index (Phi) is 8.55. The van der Waals surface area contributed by atoms with E-state index in [1.807, 2.05) is 12.1 Å². The normalized spacial score (nSPS) is 20.8. The molecule has 0 bridgehead atoms. The van der Waals surface area contributed by atoms with E-state index in [0.717, 1.165) is 11.3 Å². The van der Waals surface area contributed by atoms with Crippen LogP contribution < -0.4 is 9.64 Å². The van der Waals surface area contributed by atoms with Crippen LogP contribution >= 0.6 is 0 Å². The van der Waals surface area contributed by atoms with Gasteiger partial charge in [0.15, 0.2) is 5.92 Å². The second kappa shape index (κ2) is 11.1. The van der Waals surface area contributed by atoms with Crippen molar-refractivity contribution in [2.24, 2.45) is 16.8 Å². The van der Waals surface area contributed by atoms with Crippen LogP contribution in [0.5, 0.6) is 5.75 Å². The number of carbonyl (C=O) groups is 3. The van der Waals surface area contributed by atoms with Gasteiger partial charge >= 0.3 is 18.0 Å². The molecule has 1 spiro atoms. The zero-order valence-electron chi connectivity index (χ0n) is 23.3. The van der Waals surface area contributed by atoms with Crippen LogP contribution in [-0.2, 0) is 29.2 Å². The van der Waals surface area contributed by atoms with Gasteiger partial charge in [0, 0.05) is 18.3 Å². The number of carbonyl (C=O) groups excluding carboxylic acids is 3. The highest BCUT2D eigenvalue weighted by Gasteiger charge is 2.63. The number of hydrogen-bond acceptors (Lipinski definition) is 8. The van der Waals surface area contributed by atoms with Crippen molar-refractivity contribution in [3.63, 3.8) is 0 Å². The van der Waals surface area contributed by atoms with Crippen molar-refractivity contribution in [3.8, 4) is 5.75 Å². The van der Waals surface area contributed by atoms with Gasteiger partial charge in [-0.15, -0.1) is 0 Å².